The van der Waals surface area contributed by atoms with Gasteiger partial charge < -0.3 is 5.11 Å². The second-order valence-electron chi connectivity index (χ2n) is 5.20. The highest BCUT2D eigenvalue weighted by molar-refractivity contribution is 5.70. The third-order valence-electron chi connectivity index (χ3n) is 3.98. The molecule has 0 radical (unpaired) electrons. The summed E-state index contributed by atoms with van der Waals surface area (Å²) in [5.41, 5.74) is 2.77. The molecule has 1 heterocycles. The topological polar surface area (TPSA) is 40.5 Å². The van der Waals surface area contributed by atoms with Gasteiger partial charge in [-0.05, 0) is 23.5 Å². The summed E-state index contributed by atoms with van der Waals surface area (Å²) in [6.07, 6.45) is 1.05. The summed E-state index contributed by atoms with van der Waals surface area (Å²) in [7, 11) is 0. The third-order valence-corrected chi connectivity index (χ3v) is 3.98. The van der Waals surface area contributed by atoms with E-state index in [1.54, 1.807) is 0 Å². The number of aliphatic carboxylic acids is 1. The Morgan fingerprint density at radius 2 is 2.00 bits per heavy atom. The molecule has 1 aromatic rings. The van der Waals surface area contributed by atoms with Crippen LogP contribution in [0.25, 0.3) is 0 Å². The minimum absolute atomic E-state index is 0.220. The van der Waals surface area contributed by atoms with E-state index in [-0.39, 0.29) is 5.92 Å². The zero-order valence-corrected chi connectivity index (χ0v) is 11.1. The van der Waals surface area contributed by atoms with Crippen LogP contribution in [0.15, 0.2) is 24.3 Å². The van der Waals surface area contributed by atoms with Crippen molar-refractivity contribution in [2.24, 2.45) is 11.8 Å². The molecule has 1 atom stereocenters. The van der Waals surface area contributed by atoms with Crippen molar-refractivity contribution >= 4 is 5.97 Å². The molecule has 0 spiro atoms. The average molecular weight is 247 g/mol. The molecule has 3 heteroatoms. The molecule has 2 rings (SSSR count). The van der Waals surface area contributed by atoms with Gasteiger partial charge in [0, 0.05) is 19.6 Å². The third kappa shape index (κ3) is 2.72. The smallest absolute Gasteiger partial charge is 0.306 e. The van der Waals surface area contributed by atoms with Crippen molar-refractivity contribution < 1.29 is 9.90 Å². The molecule has 1 fully saturated rings. The van der Waals surface area contributed by atoms with Crippen molar-refractivity contribution in [1.29, 1.82) is 0 Å². The lowest BCUT2D eigenvalue weighted by Crippen LogP contribution is -2.50. The highest BCUT2D eigenvalue weighted by Gasteiger charge is 2.34. The predicted octanol–water partition coefficient (Wildman–Crippen LogP) is 2.40. The first-order chi connectivity index (χ1) is 8.61. The molecule has 0 aromatic heterocycles. The van der Waals surface area contributed by atoms with Crippen LogP contribution in [0.1, 0.15) is 25.0 Å². The normalized spacial score (nSPS) is 18.3. The molecule has 1 N–H and O–H groups in total. The summed E-state index contributed by atoms with van der Waals surface area (Å²) in [4.78, 5) is 13.2. The summed E-state index contributed by atoms with van der Waals surface area (Å²) < 4.78 is 0. The number of hydrogen-bond acceptors (Lipinski definition) is 2. The Kier molecular flexibility index (Phi) is 4.02. The van der Waals surface area contributed by atoms with Crippen molar-refractivity contribution in [3.8, 4) is 0 Å². The molecule has 98 valence electrons. The van der Waals surface area contributed by atoms with E-state index < -0.39 is 5.97 Å². The fourth-order valence-corrected chi connectivity index (χ4v) is 2.55. The fraction of sp³-hybridized carbons (Fsp3) is 0.533. The van der Waals surface area contributed by atoms with E-state index in [1.165, 1.54) is 11.1 Å². The van der Waals surface area contributed by atoms with Crippen molar-refractivity contribution in [3.63, 3.8) is 0 Å². The van der Waals surface area contributed by atoms with Crippen LogP contribution in [0.3, 0.4) is 0 Å². The molecular weight excluding hydrogens is 226 g/mol. The van der Waals surface area contributed by atoms with Gasteiger partial charge in [-0.25, -0.2) is 0 Å². The number of rotatable bonds is 5. The van der Waals surface area contributed by atoms with E-state index in [1.807, 2.05) is 6.92 Å². The maximum Gasteiger partial charge on any atom is 0.306 e. The van der Waals surface area contributed by atoms with E-state index in [0.29, 0.717) is 5.92 Å². The Morgan fingerprint density at radius 1 is 1.39 bits per heavy atom. The zero-order valence-electron chi connectivity index (χ0n) is 11.1. The lowest BCUT2D eigenvalue weighted by Gasteiger charge is -2.41. The first-order valence-electron chi connectivity index (χ1n) is 6.63. The number of aryl methyl sites for hydroxylation is 1. The van der Waals surface area contributed by atoms with Gasteiger partial charge in [-0.1, -0.05) is 38.1 Å². The lowest BCUT2D eigenvalue weighted by molar-refractivity contribution is -0.145. The van der Waals surface area contributed by atoms with Gasteiger partial charge in [0.05, 0.1) is 5.92 Å². The Bertz CT molecular complexity index is 424. The summed E-state index contributed by atoms with van der Waals surface area (Å²) in [5, 5.41) is 8.96. The molecule has 1 aliphatic rings. The second-order valence-corrected chi connectivity index (χ2v) is 5.20. The first-order valence-corrected chi connectivity index (χ1v) is 6.63. The monoisotopic (exact) mass is 247 g/mol. The van der Waals surface area contributed by atoms with Gasteiger partial charge in [-0.3, -0.25) is 9.69 Å². The minimum atomic E-state index is -0.673. The van der Waals surface area contributed by atoms with E-state index in [2.05, 4.69) is 36.1 Å². The van der Waals surface area contributed by atoms with Crippen LogP contribution in [-0.4, -0.2) is 29.1 Å². The number of likely N-dealkylation sites (tertiary alicyclic amines) is 1. The van der Waals surface area contributed by atoms with Gasteiger partial charge in [0.2, 0.25) is 0 Å². The molecular formula is C15H21NO2. The van der Waals surface area contributed by atoms with Crippen LogP contribution < -0.4 is 0 Å². The van der Waals surface area contributed by atoms with Gasteiger partial charge in [-0.2, -0.15) is 0 Å². The molecule has 3 nitrogen and oxygen atoms in total. The maximum absolute atomic E-state index is 10.9. The summed E-state index contributed by atoms with van der Waals surface area (Å²) in [5.74, 6) is -0.576. The van der Waals surface area contributed by atoms with Crippen molar-refractivity contribution in [2.75, 3.05) is 13.1 Å². The molecule has 1 aliphatic heterocycles. The molecule has 0 aliphatic carbocycles. The molecule has 0 bridgehead atoms. The van der Waals surface area contributed by atoms with Crippen molar-refractivity contribution in [1.82, 2.24) is 4.90 Å². The van der Waals surface area contributed by atoms with E-state index in [9.17, 15) is 4.79 Å². The van der Waals surface area contributed by atoms with Gasteiger partial charge in [0.15, 0.2) is 0 Å². The highest BCUT2D eigenvalue weighted by Crippen LogP contribution is 2.26. The summed E-state index contributed by atoms with van der Waals surface area (Å²) in [6, 6.07) is 8.50. The molecule has 1 aromatic carbocycles. The average Bonchev–Trinajstić information content (AvgIpc) is 2.32. The molecule has 18 heavy (non-hydrogen) atoms. The number of carbonyl (C=O) groups is 1. The number of nitrogens with zero attached hydrogens (tertiary/aromatic N) is 1. The van der Waals surface area contributed by atoms with Crippen molar-refractivity contribution in [2.45, 2.75) is 26.8 Å². The van der Waals surface area contributed by atoms with Gasteiger partial charge in [0.25, 0.3) is 0 Å². The quantitative estimate of drug-likeness (QED) is 0.868. The largest absolute Gasteiger partial charge is 0.481 e. The summed E-state index contributed by atoms with van der Waals surface area (Å²) >= 11 is 0. The van der Waals surface area contributed by atoms with Crippen LogP contribution in [0.4, 0.5) is 0 Å². The van der Waals surface area contributed by atoms with Crippen LogP contribution in [0, 0.1) is 11.8 Å². The lowest BCUT2D eigenvalue weighted by atomic mass is 9.86. The number of hydrogen-bond donors (Lipinski definition) is 1. The van der Waals surface area contributed by atoms with Gasteiger partial charge >= 0.3 is 5.97 Å². The zero-order chi connectivity index (χ0) is 13.1. The molecule has 0 saturated carbocycles. The van der Waals surface area contributed by atoms with Crippen LogP contribution in [0.5, 0.6) is 0 Å². The maximum atomic E-state index is 10.9. The Hall–Kier alpha value is -1.35. The second kappa shape index (κ2) is 5.53. The van der Waals surface area contributed by atoms with E-state index >= 15 is 0 Å². The van der Waals surface area contributed by atoms with E-state index in [4.69, 9.17) is 5.11 Å². The summed E-state index contributed by atoms with van der Waals surface area (Å²) in [6.45, 7) is 6.75. The van der Waals surface area contributed by atoms with Crippen molar-refractivity contribution in [3.05, 3.63) is 35.4 Å². The number of benzene rings is 1. The molecule has 1 saturated heterocycles. The minimum Gasteiger partial charge on any atom is -0.481 e. The first kappa shape index (κ1) is 13.1. The van der Waals surface area contributed by atoms with Gasteiger partial charge in [0.1, 0.15) is 0 Å². The SMILES string of the molecule is CCc1ccccc1CN1CC(C(C)C(=O)O)C1. The molecule has 1 unspecified atom stereocenters. The van der Waals surface area contributed by atoms with E-state index in [0.717, 1.165) is 26.1 Å². The standard InChI is InChI=1S/C15H21NO2/c1-3-12-6-4-5-7-13(12)8-16-9-14(10-16)11(2)15(17)18/h4-7,11,14H,3,8-10H2,1-2H3,(H,17,18). The number of carboxylic acid groups (broad SMARTS) is 1. The fourth-order valence-electron chi connectivity index (χ4n) is 2.55. The Labute approximate surface area is 108 Å². The highest BCUT2D eigenvalue weighted by atomic mass is 16.4. The van der Waals surface area contributed by atoms with Crippen LogP contribution in [0.2, 0.25) is 0 Å². The predicted molar refractivity (Wildman–Crippen MR) is 71.4 cm³/mol. The molecule has 0 amide bonds. The Balaban J connectivity index is 1.88. The Morgan fingerprint density at radius 3 is 2.56 bits per heavy atom. The van der Waals surface area contributed by atoms with Gasteiger partial charge in [-0.15, -0.1) is 0 Å². The number of carboxylic acids is 1. The van der Waals surface area contributed by atoms with Crippen LogP contribution in [-0.2, 0) is 17.8 Å². The van der Waals surface area contributed by atoms with Crippen LogP contribution >= 0.6 is 0 Å².